The lowest BCUT2D eigenvalue weighted by Crippen LogP contribution is -2.38. The molecule has 0 radical (unpaired) electrons. The lowest BCUT2D eigenvalue weighted by atomic mass is 10.2. The predicted molar refractivity (Wildman–Crippen MR) is 99.7 cm³/mol. The normalized spacial score (nSPS) is 13.5. The van der Waals surface area contributed by atoms with E-state index in [9.17, 15) is 19.2 Å². The number of hydrogen-bond acceptors (Lipinski definition) is 7. The van der Waals surface area contributed by atoms with Crippen LogP contribution in [0.5, 0.6) is 0 Å². The molecule has 0 spiro atoms. The van der Waals surface area contributed by atoms with Gasteiger partial charge in [0, 0.05) is 18.8 Å². The fourth-order valence-electron chi connectivity index (χ4n) is 2.00. The van der Waals surface area contributed by atoms with Gasteiger partial charge < -0.3 is 21.1 Å². The molecule has 1 aliphatic heterocycles. The first-order valence-corrected chi connectivity index (χ1v) is 8.83. The minimum Gasteiger partial charge on any atom is -0.452 e. The fraction of sp³-hybridized carbons (Fsp3) is 0.267. The van der Waals surface area contributed by atoms with Crippen molar-refractivity contribution in [2.45, 2.75) is 0 Å². The van der Waals surface area contributed by atoms with Crippen LogP contribution in [-0.2, 0) is 14.3 Å². The number of nitrogens with zero attached hydrogens (tertiary/aromatic N) is 1. The van der Waals surface area contributed by atoms with Gasteiger partial charge in [-0.15, -0.1) is 0 Å². The largest absolute Gasteiger partial charge is 0.452 e. The van der Waals surface area contributed by atoms with Gasteiger partial charge in [0.05, 0.1) is 11.3 Å². The number of primary amides is 1. The average molecular weight is 396 g/mol. The molecular weight excluding hydrogens is 380 g/mol. The number of hydrogen-bond donors (Lipinski definition) is 3. The lowest BCUT2D eigenvalue weighted by Gasteiger charge is -2.15. The predicted octanol–water partition coefficient (Wildman–Crippen LogP) is 0.311. The summed E-state index contributed by atoms with van der Waals surface area (Å²) in [5.41, 5.74) is 5.63. The molecule has 4 amide bonds. The Labute approximate surface area is 158 Å². The van der Waals surface area contributed by atoms with Gasteiger partial charge >= 0.3 is 12.0 Å². The van der Waals surface area contributed by atoms with E-state index in [-0.39, 0.29) is 24.6 Å². The highest BCUT2D eigenvalue weighted by Gasteiger charge is 2.25. The van der Waals surface area contributed by atoms with Crippen molar-refractivity contribution < 1.29 is 23.9 Å². The highest BCUT2D eigenvalue weighted by Crippen LogP contribution is 2.18. The summed E-state index contributed by atoms with van der Waals surface area (Å²) in [6.45, 7) is 0.0300. The molecule has 0 atom stereocenters. The third-order valence-electron chi connectivity index (χ3n) is 3.22. The molecule has 9 nitrogen and oxygen atoms in total. The first kappa shape index (κ1) is 19.7. The maximum Gasteiger partial charge on any atom is 0.338 e. The first-order valence-electron chi connectivity index (χ1n) is 7.44. The minimum atomic E-state index is -0.716. The van der Waals surface area contributed by atoms with Crippen molar-refractivity contribution in [2.24, 2.45) is 5.73 Å². The van der Waals surface area contributed by atoms with Crippen LogP contribution < -0.4 is 16.4 Å². The summed E-state index contributed by atoms with van der Waals surface area (Å²) in [4.78, 5) is 47.2. The molecule has 0 bridgehead atoms. The summed E-state index contributed by atoms with van der Waals surface area (Å²) < 4.78 is 5.39. The zero-order valence-electron chi connectivity index (χ0n) is 13.5. The number of nitrogens with one attached hydrogen (secondary N) is 2. The van der Waals surface area contributed by atoms with Gasteiger partial charge in [-0.25, -0.2) is 9.59 Å². The molecule has 138 valence electrons. The molecule has 1 fully saturated rings. The highest BCUT2D eigenvalue weighted by molar-refractivity contribution is 8.23. The maximum absolute atomic E-state index is 11.9. The van der Waals surface area contributed by atoms with Crippen LogP contribution >= 0.6 is 24.0 Å². The van der Waals surface area contributed by atoms with Gasteiger partial charge in [-0.2, -0.15) is 0 Å². The van der Waals surface area contributed by atoms with Crippen molar-refractivity contribution in [1.29, 1.82) is 0 Å². The van der Waals surface area contributed by atoms with Crippen LogP contribution in [0.1, 0.15) is 10.4 Å². The summed E-state index contributed by atoms with van der Waals surface area (Å²) in [5, 5.41) is 4.91. The Hall–Kier alpha value is -2.66. The molecule has 4 N–H and O–H groups in total. The van der Waals surface area contributed by atoms with Gasteiger partial charge in [0.2, 0.25) is 5.91 Å². The molecule has 26 heavy (non-hydrogen) atoms. The summed E-state index contributed by atoms with van der Waals surface area (Å²) >= 11 is 6.31. The van der Waals surface area contributed by atoms with Crippen LogP contribution in [-0.4, -0.2) is 58.5 Å². The van der Waals surface area contributed by atoms with E-state index in [0.717, 1.165) is 0 Å². The Morgan fingerprint density at radius 1 is 1.27 bits per heavy atom. The van der Waals surface area contributed by atoms with Gasteiger partial charge in [-0.1, -0.05) is 24.0 Å². The number of benzene rings is 1. The molecule has 1 aromatic rings. The molecule has 11 heteroatoms. The van der Waals surface area contributed by atoms with Crippen molar-refractivity contribution >= 4 is 57.8 Å². The lowest BCUT2D eigenvalue weighted by molar-refractivity contribution is -0.126. The zero-order valence-corrected chi connectivity index (χ0v) is 15.2. The van der Waals surface area contributed by atoms with E-state index in [2.05, 4.69) is 10.6 Å². The number of carbonyl (C=O) groups is 4. The number of amides is 4. The third kappa shape index (κ3) is 5.70. The van der Waals surface area contributed by atoms with Crippen LogP contribution in [0.25, 0.3) is 0 Å². The Kier molecular flexibility index (Phi) is 6.92. The molecule has 1 aromatic carbocycles. The second-order valence-corrected chi connectivity index (χ2v) is 6.70. The number of carbonyl (C=O) groups excluding carboxylic acids is 4. The summed E-state index contributed by atoms with van der Waals surface area (Å²) in [5.74, 6) is -0.943. The van der Waals surface area contributed by atoms with Gasteiger partial charge in [0.15, 0.2) is 6.61 Å². The Morgan fingerprint density at radius 2 is 1.96 bits per heavy atom. The molecule has 0 aliphatic carbocycles. The molecule has 1 aliphatic rings. The Morgan fingerprint density at radius 3 is 2.54 bits per heavy atom. The number of nitrogens with two attached hydrogens (primary N) is 1. The van der Waals surface area contributed by atoms with Crippen molar-refractivity contribution in [3.8, 4) is 0 Å². The van der Waals surface area contributed by atoms with Crippen LogP contribution in [0.3, 0.4) is 0 Å². The smallest absolute Gasteiger partial charge is 0.338 e. The van der Waals surface area contributed by atoms with E-state index >= 15 is 0 Å². The monoisotopic (exact) mass is 396 g/mol. The second kappa shape index (κ2) is 9.15. The zero-order chi connectivity index (χ0) is 19.1. The first-order chi connectivity index (χ1) is 12.4. The SMILES string of the molecule is NC(=O)Nc1ccc(C(=O)OCC(=O)NCCN2C(=O)CSC2=S)cc1. The number of rotatable bonds is 7. The van der Waals surface area contributed by atoms with E-state index in [1.54, 1.807) is 0 Å². The number of anilines is 1. The van der Waals surface area contributed by atoms with E-state index in [4.69, 9.17) is 22.7 Å². The highest BCUT2D eigenvalue weighted by atomic mass is 32.2. The number of thiocarbonyl (C=S) groups is 1. The summed E-state index contributed by atoms with van der Waals surface area (Å²) in [6.07, 6.45) is 0. The van der Waals surface area contributed by atoms with E-state index < -0.39 is 24.5 Å². The van der Waals surface area contributed by atoms with Crippen LogP contribution in [0.2, 0.25) is 0 Å². The molecule has 1 heterocycles. The van der Waals surface area contributed by atoms with E-state index in [1.165, 1.54) is 40.9 Å². The molecular formula is C15H16N4O5S2. The summed E-state index contributed by atoms with van der Waals surface area (Å²) in [7, 11) is 0. The van der Waals surface area contributed by atoms with Crippen molar-refractivity contribution in [3.63, 3.8) is 0 Å². The van der Waals surface area contributed by atoms with Gasteiger partial charge in [-0.3, -0.25) is 14.5 Å². The van der Waals surface area contributed by atoms with Crippen LogP contribution in [0, 0.1) is 0 Å². The van der Waals surface area contributed by atoms with Crippen molar-refractivity contribution in [3.05, 3.63) is 29.8 Å². The van der Waals surface area contributed by atoms with Gasteiger partial charge in [-0.05, 0) is 24.3 Å². The molecule has 0 unspecified atom stereocenters. The molecule has 0 saturated carbocycles. The minimum absolute atomic E-state index is 0.0880. The molecule has 0 aromatic heterocycles. The number of esters is 1. The molecule has 1 saturated heterocycles. The van der Waals surface area contributed by atoms with E-state index in [1.807, 2.05) is 0 Å². The number of thioether (sulfide) groups is 1. The fourth-order valence-corrected chi connectivity index (χ4v) is 3.12. The number of ether oxygens (including phenoxy) is 1. The maximum atomic E-state index is 11.9. The van der Waals surface area contributed by atoms with E-state index in [0.29, 0.717) is 15.8 Å². The van der Waals surface area contributed by atoms with Crippen molar-refractivity contribution in [2.75, 3.05) is 30.8 Å². The van der Waals surface area contributed by atoms with Crippen LogP contribution in [0.4, 0.5) is 10.5 Å². The van der Waals surface area contributed by atoms with Crippen molar-refractivity contribution in [1.82, 2.24) is 10.2 Å². The number of urea groups is 1. The summed E-state index contributed by atoms with van der Waals surface area (Å²) in [6, 6.07) is 5.11. The van der Waals surface area contributed by atoms with Gasteiger partial charge in [0.25, 0.3) is 5.91 Å². The second-order valence-electron chi connectivity index (χ2n) is 5.09. The standard InChI is InChI=1S/C15H16N4O5S2/c16-14(23)18-10-3-1-9(2-4-10)13(22)24-7-11(20)17-5-6-19-12(21)8-26-15(19)25/h1-4H,5-8H2,(H,17,20)(H3,16,18,23). The quantitative estimate of drug-likeness (QED) is 0.446. The topological polar surface area (TPSA) is 131 Å². The van der Waals surface area contributed by atoms with Crippen LogP contribution in [0.15, 0.2) is 24.3 Å². The Balaban J connectivity index is 1.71. The van der Waals surface area contributed by atoms with Gasteiger partial charge in [0.1, 0.15) is 4.32 Å². The molecule has 2 rings (SSSR count). The third-order valence-corrected chi connectivity index (χ3v) is 4.65. The average Bonchev–Trinajstić information content (AvgIpc) is 2.91. The Bertz CT molecular complexity index is 722.